The van der Waals surface area contributed by atoms with Crippen LogP contribution >= 0.6 is 0 Å². The van der Waals surface area contributed by atoms with Gasteiger partial charge in [0, 0.05) is 13.1 Å². The summed E-state index contributed by atoms with van der Waals surface area (Å²) in [7, 11) is 1.63. The molecule has 1 unspecified atom stereocenters. The molecule has 0 heterocycles. The standard InChI is InChI=1S/C14H23NO4/c1-11-9-12(3-4-14(11)18-2)13(17)10-15-5-7-19-8-6-16/h3-4,9,13,15-17H,5-8,10H2,1-2H3. The molecule has 0 aromatic heterocycles. The van der Waals surface area contributed by atoms with Crippen molar-refractivity contribution in [2.75, 3.05) is 40.0 Å². The summed E-state index contributed by atoms with van der Waals surface area (Å²) in [5.74, 6) is 0.821. The maximum Gasteiger partial charge on any atom is 0.121 e. The van der Waals surface area contributed by atoms with Gasteiger partial charge in [-0.1, -0.05) is 6.07 Å². The van der Waals surface area contributed by atoms with Crippen LogP contribution in [0, 0.1) is 6.92 Å². The van der Waals surface area contributed by atoms with Gasteiger partial charge in [0.1, 0.15) is 5.75 Å². The molecule has 0 radical (unpaired) electrons. The third-order valence-electron chi connectivity index (χ3n) is 2.80. The first-order valence-corrected chi connectivity index (χ1v) is 6.41. The Morgan fingerprint density at radius 1 is 1.32 bits per heavy atom. The summed E-state index contributed by atoms with van der Waals surface area (Å²) >= 11 is 0. The Morgan fingerprint density at radius 3 is 2.74 bits per heavy atom. The van der Waals surface area contributed by atoms with Crippen molar-refractivity contribution in [1.82, 2.24) is 5.32 Å². The lowest BCUT2D eigenvalue weighted by molar-refractivity contribution is 0.0910. The van der Waals surface area contributed by atoms with Gasteiger partial charge in [-0.3, -0.25) is 0 Å². The van der Waals surface area contributed by atoms with Crippen molar-refractivity contribution < 1.29 is 19.7 Å². The number of nitrogens with one attached hydrogen (secondary N) is 1. The van der Waals surface area contributed by atoms with Crippen molar-refractivity contribution >= 4 is 0 Å². The van der Waals surface area contributed by atoms with Gasteiger partial charge in [-0.25, -0.2) is 0 Å². The molecule has 5 heteroatoms. The molecule has 19 heavy (non-hydrogen) atoms. The van der Waals surface area contributed by atoms with E-state index in [-0.39, 0.29) is 6.61 Å². The molecule has 3 N–H and O–H groups in total. The van der Waals surface area contributed by atoms with E-state index in [0.717, 1.165) is 16.9 Å². The zero-order chi connectivity index (χ0) is 14.1. The number of aliphatic hydroxyl groups excluding tert-OH is 2. The van der Waals surface area contributed by atoms with Gasteiger partial charge in [-0.2, -0.15) is 0 Å². The Morgan fingerprint density at radius 2 is 2.11 bits per heavy atom. The number of rotatable bonds is 9. The lowest BCUT2D eigenvalue weighted by atomic mass is 10.1. The van der Waals surface area contributed by atoms with E-state index in [0.29, 0.717) is 26.3 Å². The largest absolute Gasteiger partial charge is 0.496 e. The quantitative estimate of drug-likeness (QED) is 0.574. The Balaban J connectivity index is 2.33. The van der Waals surface area contributed by atoms with Crippen LogP contribution in [0.1, 0.15) is 17.2 Å². The van der Waals surface area contributed by atoms with Crippen LogP contribution in [0.3, 0.4) is 0 Å². The van der Waals surface area contributed by atoms with Crippen LogP contribution in [0.2, 0.25) is 0 Å². The lowest BCUT2D eigenvalue weighted by Crippen LogP contribution is -2.25. The first kappa shape index (κ1) is 15.9. The summed E-state index contributed by atoms with van der Waals surface area (Å²) in [4.78, 5) is 0. The van der Waals surface area contributed by atoms with Crippen LogP contribution in [0.4, 0.5) is 0 Å². The van der Waals surface area contributed by atoms with Gasteiger partial charge >= 0.3 is 0 Å². The van der Waals surface area contributed by atoms with Crippen molar-refractivity contribution in [1.29, 1.82) is 0 Å². The van der Waals surface area contributed by atoms with Gasteiger partial charge in [-0.15, -0.1) is 0 Å². The van der Waals surface area contributed by atoms with Gasteiger partial charge in [-0.05, 0) is 30.2 Å². The van der Waals surface area contributed by atoms with E-state index in [1.807, 2.05) is 25.1 Å². The van der Waals surface area contributed by atoms with E-state index in [1.165, 1.54) is 0 Å². The molecule has 1 rings (SSSR count). The Bertz CT molecular complexity index is 370. The molecule has 0 spiro atoms. The Hall–Kier alpha value is -1.14. The van der Waals surface area contributed by atoms with Crippen LogP contribution in [-0.4, -0.2) is 50.2 Å². The number of hydrogen-bond donors (Lipinski definition) is 3. The summed E-state index contributed by atoms with van der Waals surface area (Å²) in [6.07, 6.45) is -0.553. The van der Waals surface area contributed by atoms with Crippen LogP contribution in [-0.2, 0) is 4.74 Å². The van der Waals surface area contributed by atoms with E-state index < -0.39 is 6.10 Å². The maximum absolute atomic E-state index is 10.0. The van der Waals surface area contributed by atoms with E-state index in [2.05, 4.69) is 5.32 Å². The van der Waals surface area contributed by atoms with E-state index >= 15 is 0 Å². The van der Waals surface area contributed by atoms with Crippen molar-refractivity contribution in [3.63, 3.8) is 0 Å². The maximum atomic E-state index is 10.0. The third kappa shape index (κ3) is 5.57. The average Bonchev–Trinajstić information content (AvgIpc) is 2.42. The summed E-state index contributed by atoms with van der Waals surface area (Å²) in [5, 5.41) is 21.7. The number of aryl methyl sites for hydroxylation is 1. The molecular formula is C14H23NO4. The molecule has 1 aromatic rings. The number of aliphatic hydroxyl groups is 2. The number of methoxy groups -OCH3 is 1. The highest BCUT2D eigenvalue weighted by molar-refractivity contribution is 5.37. The molecule has 1 aromatic carbocycles. The molecular weight excluding hydrogens is 246 g/mol. The molecule has 5 nitrogen and oxygen atoms in total. The van der Waals surface area contributed by atoms with Crippen molar-refractivity contribution in [2.45, 2.75) is 13.0 Å². The molecule has 0 aliphatic heterocycles. The third-order valence-corrected chi connectivity index (χ3v) is 2.80. The topological polar surface area (TPSA) is 71.0 Å². The highest BCUT2D eigenvalue weighted by Gasteiger charge is 2.08. The average molecular weight is 269 g/mol. The lowest BCUT2D eigenvalue weighted by Gasteiger charge is -2.14. The second kappa shape index (κ2) is 8.87. The van der Waals surface area contributed by atoms with Crippen LogP contribution in [0.15, 0.2) is 18.2 Å². The summed E-state index contributed by atoms with van der Waals surface area (Å²) in [6.45, 7) is 3.97. The molecule has 0 saturated carbocycles. The van der Waals surface area contributed by atoms with Gasteiger partial charge in [0.2, 0.25) is 0 Å². The molecule has 0 amide bonds. The fourth-order valence-corrected chi connectivity index (χ4v) is 1.78. The summed E-state index contributed by atoms with van der Waals surface area (Å²) < 4.78 is 10.3. The van der Waals surface area contributed by atoms with Gasteiger partial charge in [0.05, 0.1) is 33.0 Å². The van der Waals surface area contributed by atoms with E-state index in [9.17, 15) is 5.11 Å². The normalized spacial score (nSPS) is 12.4. The SMILES string of the molecule is COc1ccc(C(O)CNCCOCCO)cc1C. The smallest absolute Gasteiger partial charge is 0.121 e. The van der Waals surface area contributed by atoms with Crippen molar-refractivity contribution in [3.05, 3.63) is 29.3 Å². The predicted octanol–water partition coefficient (Wildman–Crippen LogP) is 0.636. The molecule has 108 valence electrons. The van der Waals surface area contributed by atoms with Gasteiger partial charge in [0.15, 0.2) is 0 Å². The highest BCUT2D eigenvalue weighted by atomic mass is 16.5. The zero-order valence-corrected chi connectivity index (χ0v) is 11.6. The molecule has 0 aliphatic carbocycles. The first-order valence-electron chi connectivity index (χ1n) is 6.41. The monoisotopic (exact) mass is 269 g/mol. The number of benzene rings is 1. The van der Waals surface area contributed by atoms with E-state index in [1.54, 1.807) is 7.11 Å². The Labute approximate surface area is 114 Å². The zero-order valence-electron chi connectivity index (χ0n) is 11.6. The van der Waals surface area contributed by atoms with Crippen molar-refractivity contribution in [3.8, 4) is 5.75 Å². The van der Waals surface area contributed by atoms with Crippen LogP contribution in [0.5, 0.6) is 5.75 Å². The fourth-order valence-electron chi connectivity index (χ4n) is 1.78. The molecule has 0 saturated heterocycles. The van der Waals surface area contributed by atoms with Crippen LogP contribution < -0.4 is 10.1 Å². The number of hydrogen-bond acceptors (Lipinski definition) is 5. The molecule has 1 atom stereocenters. The summed E-state index contributed by atoms with van der Waals surface area (Å²) in [5.41, 5.74) is 1.87. The minimum absolute atomic E-state index is 0.0355. The fraction of sp³-hybridized carbons (Fsp3) is 0.571. The van der Waals surface area contributed by atoms with E-state index in [4.69, 9.17) is 14.6 Å². The van der Waals surface area contributed by atoms with Crippen LogP contribution in [0.25, 0.3) is 0 Å². The second-order valence-electron chi connectivity index (χ2n) is 4.28. The molecule has 0 bridgehead atoms. The Kier molecular flexibility index (Phi) is 7.43. The first-order chi connectivity index (χ1) is 9.19. The molecule has 0 aliphatic rings. The highest BCUT2D eigenvalue weighted by Crippen LogP contribution is 2.22. The predicted molar refractivity (Wildman–Crippen MR) is 73.5 cm³/mol. The summed E-state index contributed by atoms with van der Waals surface area (Å²) in [6, 6.07) is 5.64. The minimum Gasteiger partial charge on any atom is -0.496 e. The van der Waals surface area contributed by atoms with Gasteiger partial charge < -0.3 is 25.0 Å². The second-order valence-corrected chi connectivity index (χ2v) is 4.28. The number of ether oxygens (including phenoxy) is 2. The molecule has 0 fully saturated rings. The minimum atomic E-state index is -0.553. The van der Waals surface area contributed by atoms with Gasteiger partial charge in [0.25, 0.3) is 0 Å². The van der Waals surface area contributed by atoms with Crippen molar-refractivity contribution in [2.24, 2.45) is 0 Å².